The molecular weight excluding hydrogens is 443 g/mol. The molecule has 0 saturated carbocycles. The standard InChI is InChI=1S/C19H13Cl2F2N3O4/c20-9-1-3-12(21)11(5-9)14(8-18(28)29)24-19(30)15-7-17(27)26(25-15)16-4-2-10(22)6-13(16)23/h1-7,14,25H,8H2,(H,24,30)(H,28,29). The van der Waals surface area contributed by atoms with Crippen molar-refractivity contribution in [2.75, 3.05) is 0 Å². The van der Waals surface area contributed by atoms with Gasteiger partial charge in [0.05, 0.1) is 12.5 Å². The molecular formula is C19H13Cl2F2N3O4. The molecule has 0 aliphatic heterocycles. The van der Waals surface area contributed by atoms with Crippen molar-refractivity contribution in [1.29, 1.82) is 0 Å². The Morgan fingerprint density at radius 3 is 2.53 bits per heavy atom. The predicted molar refractivity (Wildman–Crippen MR) is 105 cm³/mol. The van der Waals surface area contributed by atoms with E-state index in [1.54, 1.807) is 0 Å². The first-order chi connectivity index (χ1) is 14.2. The maximum Gasteiger partial charge on any atom is 0.305 e. The maximum absolute atomic E-state index is 14.0. The molecule has 3 rings (SSSR count). The SMILES string of the molecule is O=C(O)CC(NC(=O)c1cc(=O)n(-c2ccc(F)cc2F)[nH]1)c1cc(Cl)ccc1Cl. The molecule has 0 spiro atoms. The molecule has 0 radical (unpaired) electrons. The molecule has 3 aromatic rings. The van der Waals surface area contributed by atoms with Gasteiger partial charge in [0, 0.05) is 22.2 Å². The van der Waals surface area contributed by atoms with E-state index < -0.39 is 41.5 Å². The lowest BCUT2D eigenvalue weighted by Crippen LogP contribution is -2.30. The van der Waals surface area contributed by atoms with E-state index in [1.807, 2.05) is 0 Å². The maximum atomic E-state index is 14.0. The highest BCUT2D eigenvalue weighted by molar-refractivity contribution is 6.33. The molecule has 156 valence electrons. The molecule has 1 heterocycles. The number of aromatic nitrogens is 2. The van der Waals surface area contributed by atoms with E-state index in [0.717, 1.165) is 22.9 Å². The van der Waals surface area contributed by atoms with Gasteiger partial charge in [-0.3, -0.25) is 19.5 Å². The number of carbonyl (C=O) groups excluding carboxylic acids is 1. The molecule has 30 heavy (non-hydrogen) atoms. The van der Waals surface area contributed by atoms with Crippen molar-refractivity contribution in [3.63, 3.8) is 0 Å². The smallest absolute Gasteiger partial charge is 0.305 e. The number of carbonyl (C=O) groups is 2. The minimum Gasteiger partial charge on any atom is -0.481 e. The van der Waals surface area contributed by atoms with Crippen LogP contribution >= 0.6 is 23.2 Å². The summed E-state index contributed by atoms with van der Waals surface area (Å²) in [5.74, 6) is -3.89. The van der Waals surface area contributed by atoms with Gasteiger partial charge in [-0.25, -0.2) is 13.5 Å². The number of benzene rings is 2. The molecule has 11 heteroatoms. The van der Waals surface area contributed by atoms with Gasteiger partial charge in [-0.2, -0.15) is 0 Å². The zero-order chi connectivity index (χ0) is 22.0. The molecule has 1 amide bonds. The van der Waals surface area contributed by atoms with Gasteiger partial charge >= 0.3 is 5.97 Å². The second kappa shape index (κ2) is 8.68. The van der Waals surface area contributed by atoms with Crippen molar-refractivity contribution < 1.29 is 23.5 Å². The topological polar surface area (TPSA) is 104 Å². The highest BCUT2D eigenvalue weighted by Gasteiger charge is 2.23. The molecule has 0 aliphatic rings. The minimum absolute atomic E-state index is 0.186. The van der Waals surface area contributed by atoms with Gasteiger partial charge in [-0.15, -0.1) is 0 Å². The number of carboxylic acid groups (broad SMARTS) is 1. The Morgan fingerprint density at radius 1 is 1.13 bits per heavy atom. The van der Waals surface area contributed by atoms with E-state index >= 15 is 0 Å². The van der Waals surface area contributed by atoms with Gasteiger partial charge in [-0.05, 0) is 35.9 Å². The van der Waals surface area contributed by atoms with Crippen LogP contribution in [-0.4, -0.2) is 26.8 Å². The third kappa shape index (κ3) is 4.69. The quantitative estimate of drug-likeness (QED) is 0.526. The van der Waals surface area contributed by atoms with Crippen LogP contribution in [0.25, 0.3) is 5.69 Å². The lowest BCUT2D eigenvalue weighted by atomic mass is 10.0. The van der Waals surface area contributed by atoms with Gasteiger partial charge in [0.2, 0.25) is 0 Å². The summed E-state index contributed by atoms with van der Waals surface area (Å²) in [6.07, 6.45) is -0.511. The van der Waals surface area contributed by atoms with Gasteiger partial charge < -0.3 is 10.4 Å². The van der Waals surface area contributed by atoms with Crippen molar-refractivity contribution >= 4 is 35.1 Å². The van der Waals surface area contributed by atoms with Crippen molar-refractivity contribution in [3.05, 3.63) is 85.8 Å². The molecule has 1 aromatic heterocycles. The Balaban J connectivity index is 1.92. The molecule has 7 nitrogen and oxygen atoms in total. The number of nitrogens with one attached hydrogen (secondary N) is 2. The van der Waals surface area contributed by atoms with E-state index in [1.165, 1.54) is 18.2 Å². The van der Waals surface area contributed by atoms with Crippen LogP contribution in [0.2, 0.25) is 10.0 Å². The molecule has 0 saturated heterocycles. The summed E-state index contributed by atoms with van der Waals surface area (Å²) in [6, 6.07) is 6.79. The Labute approximate surface area is 177 Å². The first-order valence-electron chi connectivity index (χ1n) is 8.41. The van der Waals surface area contributed by atoms with Crippen molar-refractivity contribution in [2.45, 2.75) is 12.5 Å². The fourth-order valence-corrected chi connectivity index (χ4v) is 3.21. The summed E-state index contributed by atoms with van der Waals surface area (Å²) in [6.45, 7) is 0. The monoisotopic (exact) mass is 455 g/mol. The fraction of sp³-hybridized carbons (Fsp3) is 0.105. The Hall–Kier alpha value is -3.17. The first kappa shape index (κ1) is 21.5. The zero-order valence-electron chi connectivity index (χ0n) is 15.0. The van der Waals surface area contributed by atoms with Crippen LogP contribution < -0.4 is 10.9 Å². The average molecular weight is 456 g/mol. The van der Waals surface area contributed by atoms with E-state index in [9.17, 15) is 28.3 Å². The van der Waals surface area contributed by atoms with Gasteiger partial charge in [0.1, 0.15) is 17.2 Å². The Kier molecular flexibility index (Phi) is 6.23. The van der Waals surface area contributed by atoms with Crippen molar-refractivity contribution in [2.24, 2.45) is 0 Å². The van der Waals surface area contributed by atoms with Crippen LogP contribution in [0.15, 0.2) is 47.3 Å². The molecule has 0 bridgehead atoms. The summed E-state index contributed by atoms with van der Waals surface area (Å²) in [5, 5.41) is 14.5. The van der Waals surface area contributed by atoms with E-state index in [0.29, 0.717) is 6.07 Å². The van der Waals surface area contributed by atoms with Crippen LogP contribution in [0, 0.1) is 11.6 Å². The van der Waals surface area contributed by atoms with E-state index in [4.69, 9.17) is 23.2 Å². The summed E-state index contributed by atoms with van der Waals surface area (Å²) in [7, 11) is 0. The lowest BCUT2D eigenvalue weighted by molar-refractivity contribution is -0.137. The summed E-state index contributed by atoms with van der Waals surface area (Å²) in [4.78, 5) is 36.0. The normalized spacial score (nSPS) is 11.9. The number of hydrogen-bond acceptors (Lipinski definition) is 3. The molecule has 3 N–H and O–H groups in total. The predicted octanol–water partition coefficient (Wildman–Crippen LogP) is 3.70. The number of amides is 1. The largest absolute Gasteiger partial charge is 0.481 e. The Morgan fingerprint density at radius 2 is 1.87 bits per heavy atom. The summed E-state index contributed by atoms with van der Waals surface area (Å²) in [5.41, 5.74) is -1.06. The van der Waals surface area contributed by atoms with E-state index in [2.05, 4.69) is 10.4 Å². The first-order valence-corrected chi connectivity index (χ1v) is 9.16. The minimum atomic E-state index is -1.21. The molecule has 1 unspecified atom stereocenters. The number of rotatable bonds is 6. The van der Waals surface area contributed by atoms with Crippen LogP contribution in [0.3, 0.4) is 0 Å². The molecule has 1 atom stereocenters. The lowest BCUT2D eigenvalue weighted by Gasteiger charge is -2.18. The number of aliphatic carboxylic acids is 1. The van der Waals surface area contributed by atoms with E-state index in [-0.39, 0.29) is 27.0 Å². The van der Waals surface area contributed by atoms with Crippen LogP contribution in [-0.2, 0) is 4.79 Å². The zero-order valence-corrected chi connectivity index (χ0v) is 16.5. The number of halogens is 4. The second-order valence-electron chi connectivity index (χ2n) is 6.23. The van der Waals surface area contributed by atoms with Crippen LogP contribution in [0.1, 0.15) is 28.5 Å². The van der Waals surface area contributed by atoms with Crippen molar-refractivity contribution in [3.8, 4) is 5.69 Å². The van der Waals surface area contributed by atoms with Gasteiger partial charge in [-0.1, -0.05) is 23.2 Å². The molecule has 2 aromatic carbocycles. The average Bonchev–Trinajstić information content (AvgIpc) is 3.04. The van der Waals surface area contributed by atoms with Crippen LogP contribution in [0.4, 0.5) is 8.78 Å². The molecule has 0 fully saturated rings. The third-order valence-corrected chi connectivity index (χ3v) is 4.71. The fourth-order valence-electron chi connectivity index (χ4n) is 2.78. The molecule has 0 aliphatic carbocycles. The highest BCUT2D eigenvalue weighted by atomic mass is 35.5. The van der Waals surface area contributed by atoms with Crippen molar-refractivity contribution in [1.82, 2.24) is 15.1 Å². The number of hydrogen-bond donors (Lipinski definition) is 3. The second-order valence-corrected chi connectivity index (χ2v) is 7.07. The van der Waals surface area contributed by atoms with Gasteiger partial charge in [0.15, 0.2) is 5.82 Å². The Bertz CT molecular complexity index is 1190. The highest BCUT2D eigenvalue weighted by Crippen LogP contribution is 2.28. The summed E-state index contributed by atoms with van der Waals surface area (Å²) < 4.78 is 27.8. The number of carboxylic acids is 1. The third-order valence-electron chi connectivity index (χ3n) is 4.13. The number of H-pyrrole nitrogens is 1. The van der Waals surface area contributed by atoms with Gasteiger partial charge in [0.25, 0.3) is 11.5 Å². The number of nitrogens with zero attached hydrogens (tertiary/aromatic N) is 1. The van der Waals surface area contributed by atoms with Crippen LogP contribution in [0.5, 0.6) is 0 Å². The number of aromatic amines is 1. The summed E-state index contributed by atoms with van der Waals surface area (Å²) >= 11 is 12.0.